The largest absolute Gasteiger partial charge is 0.396 e. The second-order valence-corrected chi connectivity index (χ2v) is 7.69. The molecule has 2 N–H and O–H groups in total. The Bertz CT molecular complexity index is 300. The molecule has 3 atom stereocenters. The van der Waals surface area contributed by atoms with Gasteiger partial charge in [0.25, 0.3) is 0 Å². The zero-order chi connectivity index (χ0) is 15.1. The minimum absolute atomic E-state index is 0.0522. The number of carbonyl (C=O) groups is 1. The summed E-state index contributed by atoms with van der Waals surface area (Å²) in [5.41, 5.74) is 0. The molecule has 0 aromatic carbocycles. The number of aliphatic hydroxyl groups excluding tert-OH is 1. The topological polar surface area (TPSA) is 52.6 Å². The number of hydrogen-bond donors (Lipinski definition) is 2. The van der Waals surface area contributed by atoms with Gasteiger partial charge in [-0.1, -0.05) is 20.8 Å². The van der Waals surface area contributed by atoms with E-state index in [1.807, 2.05) is 16.7 Å². The van der Waals surface area contributed by atoms with Crippen molar-refractivity contribution in [2.75, 3.05) is 25.4 Å². The number of aliphatic hydroxyl groups is 1. The van der Waals surface area contributed by atoms with E-state index in [9.17, 15) is 4.79 Å². The van der Waals surface area contributed by atoms with E-state index in [1.165, 1.54) is 0 Å². The van der Waals surface area contributed by atoms with Gasteiger partial charge < -0.3 is 15.3 Å². The SMILES string of the molecule is CC(C)CC(CCO)CNC(=O)N1CCSC(C)C1C. The van der Waals surface area contributed by atoms with Crippen molar-refractivity contribution in [2.45, 2.75) is 51.8 Å². The molecule has 5 heteroatoms. The monoisotopic (exact) mass is 302 g/mol. The summed E-state index contributed by atoms with van der Waals surface area (Å²) in [6.45, 7) is 10.4. The van der Waals surface area contributed by atoms with Crippen molar-refractivity contribution in [3.63, 3.8) is 0 Å². The quantitative estimate of drug-likeness (QED) is 0.793. The molecule has 4 nitrogen and oxygen atoms in total. The summed E-state index contributed by atoms with van der Waals surface area (Å²) < 4.78 is 0. The maximum absolute atomic E-state index is 12.3. The maximum Gasteiger partial charge on any atom is 0.317 e. The van der Waals surface area contributed by atoms with Crippen LogP contribution in [0, 0.1) is 11.8 Å². The third kappa shape index (κ3) is 5.52. The van der Waals surface area contributed by atoms with Gasteiger partial charge in [-0.3, -0.25) is 0 Å². The Morgan fingerprint density at radius 3 is 2.75 bits per heavy atom. The van der Waals surface area contributed by atoms with E-state index in [0.717, 1.165) is 25.1 Å². The van der Waals surface area contributed by atoms with E-state index in [4.69, 9.17) is 5.11 Å². The van der Waals surface area contributed by atoms with Crippen LogP contribution in [-0.4, -0.2) is 52.8 Å². The van der Waals surface area contributed by atoms with Gasteiger partial charge in [0.05, 0.1) is 0 Å². The van der Waals surface area contributed by atoms with Crippen LogP contribution in [0.2, 0.25) is 0 Å². The first-order chi connectivity index (χ1) is 9.45. The second kappa shape index (κ2) is 8.78. The van der Waals surface area contributed by atoms with Crippen molar-refractivity contribution in [1.29, 1.82) is 0 Å². The lowest BCUT2D eigenvalue weighted by atomic mass is 9.94. The zero-order valence-corrected chi connectivity index (χ0v) is 14.1. The Hall–Kier alpha value is -0.420. The predicted molar refractivity (Wildman–Crippen MR) is 86.1 cm³/mol. The number of urea groups is 1. The number of rotatable bonds is 6. The normalized spacial score (nSPS) is 24.8. The maximum atomic E-state index is 12.3. The van der Waals surface area contributed by atoms with Gasteiger partial charge in [-0.25, -0.2) is 4.79 Å². The average molecular weight is 302 g/mol. The molecule has 1 saturated heterocycles. The first-order valence-corrected chi connectivity index (χ1v) is 8.77. The highest BCUT2D eigenvalue weighted by atomic mass is 32.2. The Kier molecular flexibility index (Phi) is 7.74. The molecule has 0 spiro atoms. The first kappa shape index (κ1) is 17.6. The summed E-state index contributed by atoms with van der Waals surface area (Å²) in [6.07, 6.45) is 1.81. The smallest absolute Gasteiger partial charge is 0.317 e. The molecule has 20 heavy (non-hydrogen) atoms. The molecule has 0 bridgehead atoms. The Balaban J connectivity index is 2.43. The number of hydrogen-bond acceptors (Lipinski definition) is 3. The standard InChI is InChI=1S/C15H30N2O2S/c1-11(2)9-14(5-7-18)10-16-15(19)17-6-8-20-13(4)12(17)3/h11-14,18H,5-10H2,1-4H3,(H,16,19). The molecule has 118 valence electrons. The van der Waals surface area contributed by atoms with E-state index in [1.54, 1.807) is 0 Å². The lowest BCUT2D eigenvalue weighted by Gasteiger charge is -2.37. The first-order valence-electron chi connectivity index (χ1n) is 7.72. The minimum Gasteiger partial charge on any atom is -0.396 e. The van der Waals surface area contributed by atoms with Crippen LogP contribution in [0.4, 0.5) is 4.79 Å². The molecule has 0 radical (unpaired) electrons. The van der Waals surface area contributed by atoms with Crippen LogP contribution in [0.1, 0.15) is 40.5 Å². The van der Waals surface area contributed by atoms with Crippen LogP contribution in [0.15, 0.2) is 0 Å². The van der Waals surface area contributed by atoms with Crippen LogP contribution in [-0.2, 0) is 0 Å². The van der Waals surface area contributed by atoms with Crippen molar-refractivity contribution in [1.82, 2.24) is 10.2 Å². The molecule has 1 rings (SSSR count). The van der Waals surface area contributed by atoms with Gasteiger partial charge >= 0.3 is 6.03 Å². The summed E-state index contributed by atoms with van der Waals surface area (Å²) >= 11 is 1.93. The molecular formula is C15H30N2O2S. The number of carbonyl (C=O) groups excluding carboxylic acids is 1. The van der Waals surface area contributed by atoms with Gasteiger partial charge in [-0.05, 0) is 31.6 Å². The third-order valence-corrected chi connectivity index (χ3v) is 5.37. The second-order valence-electron chi connectivity index (χ2n) is 6.20. The molecular weight excluding hydrogens is 272 g/mol. The summed E-state index contributed by atoms with van der Waals surface area (Å²) in [6, 6.07) is 0.339. The third-order valence-electron chi connectivity index (χ3n) is 4.03. The lowest BCUT2D eigenvalue weighted by molar-refractivity contribution is 0.175. The molecule has 1 fully saturated rings. The molecule has 1 aliphatic heterocycles. The van der Waals surface area contributed by atoms with Gasteiger partial charge in [-0.2, -0.15) is 11.8 Å². The van der Waals surface area contributed by atoms with Crippen molar-refractivity contribution < 1.29 is 9.90 Å². The lowest BCUT2D eigenvalue weighted by Crippen LogP contribution is -2.52. The fourth-order valence-corrected chi connectivity index (χ4v) is 3.80. The van der Waals surface area contributed by atoms with Crippen LogP contribution in [0.5, 0.6) is 0 Å². The van der Waals surface area contributed by atoms with Gasteiger partial charge in [-0.15, -0.1) is 0 Å². The van der Waals surface area contributed by atoms with Crippen LogP contribution >= 0.6 is 11.8 Å². The number of nitrogens with zero attached hydrogens (tertiary/aromatic N) is 1. The highest BCUT2D eigenvalue weighted by molar-refractivity contribution is 8.00. The Labute approximate surface area is 127 Å². The van der Waals surface area contributed by atoms with E-state index in [2.05, 4.69) is 33.0 Å². The van der Waals surface area contributed by atoms with Crippen LogP contribution < -0.4 is 5.32 Å². The number of amides is 2. The molecule has 0 aliphatic carbocycles. The fraction of sp³-hybridized carbons (Fsp3) is 0.933. The average Bonchev–Trinajstić information content (AvgIpc) is 2.38. The number of thioether (sulfide) groups is 1. The summed E-state index contributed by atoms with van der Waals surface area (Å²) in [5.74, 6) is 1.98. The summed E-state index contributed by atoms with van der Waals surface area (Å²) in [7, 11) is 0. The van der Waals surface area contributed by atoms with E-state index in [-0.39, 0.29) is 18.7 Å². The Morgan fingerprint density at radius 2 is 2.15 bits per heavy atom. The van der Waals surface area contributed by atoms with Crippen molar-refractivity contribution in [2.24, 2.45) is 11.8 Å². The molecule has 0 aromatic heterocycles. The van der Waals surface area contributed by atoms with E-state index in [0.29, 0.717) is 23.6 Å². The van der Waals surface area contributed by atoms with Gasteiger partial charge in [0, 0.05) is 36.7 Å². The predicted octanol–water partition coefficient (Wildman–Crippen LogP) is 2.57. The molecule has 3 unspecified atom stereocenters. The highest BCUT2D eigenvalue weighted by Crippen LogP contribution is 2.24. The van der Waals surface area contributed by atoms with Gasteiger partial charge in [0.2, 0.25) is 0 Å². The number of nitrogens with one attached hydrogen (secondary N) is 1. The minimum atomic E-state index is 0.0522. The van der Waals surface area contributed by atoms with Crippen molar-refractivity contribution in [3.05, 3.63) is 0 Å². The van der Waals surface area contributed by atoms with Gasteiger partial charge in [0.15, 0.2) is 0 Å². The molecule has 0 saturated carbocycles. The fourth-order valence-electron chi connectivity index (χ4n) is 2.71. The van der Waals surface area contributed by atoms with Crippen molar-refractivity contribution >= 4 is 17.8 Å². The highest BCUT2D eigenvalue weighted by Gasteiger charge is 2.28. The van der Waals surface area contributed by atoms with E-state index < -0.39 is 0 Å². The summed E-state index contributed by atoms with van der Waals surface area (Å²) in [4.78, 5) is 14.2. The summed E-state index contributed by atoms with van der Waals surface area (Å²) in [5, 5.41) is 12.7. The molecule has 1 aliphatic rings. The van der Waals surface area contributed by atoms with Crippen LogP contribution in [0.3, 0.4) is 0 Å². The van der Waals surface area contributed by atoms with Gasteiger partial charge in [0.1, 0.15) is 0 Å². The zero-order valence-electron chi connectivity index (χ0n) is 13.3. The molecule has 1 heterocycles. The molecule has 0 aromatic rings. The van der Waals surface area contributed by atoms with Crippen molar-refractivity contribution in [3.8, 4) is 0 Å². The van der Waals surface area contributed by atoms with E-state index >= 15 is 0 Å². The molecule has 2 amide bonds. The Morgan fingerprint density at radius 1 is 1.45 bits per heavy atom. The van der Waals surface area contributed by atoms with Crippen LogP contribution in [0.25, 0.3) is 0 Å².